The van der Waals surface area contributed by atoms with Crippen LogP contribution in [0.4, 0.5) is 0 Å². The Kier molecular flexibility index (Phi) is 15.9. The largest absolute Gasteiger partial charge is 0.494 e. The number of aryl methyl sites for hydroxylation is 2. The summed E-state index contributed by atoms with van der Waals surface area (Å²) in [5.41, 5.74) is 4.38. The van der Waals surface area contributed by atoms with Crippen molar-refractivity contribution in [3.63, 3.8) is 0 Å². The quantitative estimate of drug-likeness (QED) is 0.0357. The standard InChI is InChI=1S/C45H52O10/c1-31(2)43(48)54-41(46)29-52-39-17-9-7-13-33(39)15-11-27-50-37-23-19-35(20-24-37)45(5,6)36-21-25-38(26-22-36)51-28-12-16-34-14-8-10-18-40(34)53-30-42(47)55-44(49)32(3)4/h7-10,13-14,17-26,41-42,46-47H,1,3,11-12,15-16,27-30H2,2,4-6H3. The van der Waals surface area contributed by atoms with E-state index in [1.165, 1.54) is 13.8 Å². The van der Waals surface area contributed by atoms with E-state index in [1.54, 1.807) is 0 Å². The summed E-state index contributed by atoms with van der Waals surface area (Å²) >= 11 is 0. The molecular formula is C45H52O10. The summed E-state index contributed by atoms with van der Waals surface area (Å²) in [6, 6.07) is 31.4. The average molecular weight is 753 g/mol. The normalized spacial score (nSPS) is 12.2. The fraction of sp³-hybridized carbons (Fsp3) is 0.333. The number of hydrogen-bond donors (Lipinski definition) is 2. The molecule has 0 saturated heterocycles. The first-order valence-corrected chi connectivity index (χ1v) is 18.3. The molecule has 4 aromatic rings. The molecule has 4 aromatic carbocycles. The van der Waals surface area contributed by atoms with Crippen molar-refractivity contribution >= 4 is 11.9 Å². The SMILES string of the molecule is C=C(C)C(=O)OC(O)COc1ccccc1CCCOc1ccc(C(C)(C)c2ccc(OCCCc3ccccc3OCC(O)OC(=O)C(=C)C)cc2)cc1. The van der Waals surface area contributed by atoms with E-state index in [2.05, 4.69) is 51.3 Å². The number of benzene rings is 4. The molecule has 0 aliphatic heterocycles. The minimum Gasteiger partial charge on any atom is -0.494 e. The van der Waals surface area contributed by atoms with Crippen LogP contribution in [0.25, 0.3) is 0 Å². The predicted octanol–water partition coefficient (Wildman–Crippen LogP) is 7.67. The van der Waals surface area contributed by atoms with Crippen LogP contribution in [0, 0.1) is 0 Å². The Bertz CT molecular complexity index is 1730. The van der Waals surface area contributed by atoms with Crippen LogP contribution in [0.2, 0.25) is 0 Å². The zero-order valence-corrected chi connectivity index (χ0v) is 32.1. The molecule has 0 radical (unpaired) electrons. The van der Waals surface area contributed by atoms with Crippen molar-refractivity contribution < 1.29 is 48.2 Å². The molecule has 0 fully saturated rings. The van der Waals surface area contributed by atoms with Crippen LogP contribution < -0.4 is 18.9 Å². The van der Waals surface area contributed by atoms with Gasteiger partial charge in [-0.05, 0) is 98.2 Å². The first kappa shape index (κ1) is 42.2. The van der Waals surface area contributed by atoms with Crippen molar-refractivity contribution in [1.82, 2.24) is 0 Å². The molecule has 10 nitrogen and oxygen atoms in total. The van der Waals surface area contributed by atoms with Crippen molar-refractivity contribution in [3.8, 4) is 23.0 Å². The lowest BCUT2D eigenvalue weighted by Gasteiger charge is -2.26. The van der Waals surface area contributed by atoms with Crippen LogP contribution in [-0.4, -0.2) is 61.2 Å². The average Bonchev–Trinajstić information content (AvgIpc) is 3.17. The van der Waals surface area contributed by atoms with Gasteiger partial charge in [0.05, 0.1) is 13.2 Å². The molecule has 0 bridgehead atoms. The van der Waals surface area contributed by atoms with E-state index in [-0.39, 0.29) is 29.8 Å². The monoisotopic (exact) mass is 752 g/mol. The molecule has 0 aliphatic rings. The molecule has 2 atom stereocenters. The molecule has 0 saturated carbocycles. The van der Waals surface area contributed by atoms with Gasteiger partial charge in [-0.2, -0.15) is 0 Å². The van der Waals surface area contributed by atoms with Crippen molar-refractivity contribution in [3.05, 3.63) is 144 Å². The third-order valence-corrected chi connectivity index (χ3v) is 8.76. The molecule has 0 spiro atoms. The van der Waals surface area contributed by atoms with E-state index in [0.29, 0.717) is 37.6 Å². The van der Waals surface area contributed by atoms with Crippen LogP contribution >= 0.6 is 0 Å². The van der Waals surface area contributed by atoms with Gasteiger partial charge in [-0.3, -0.25) is 0 Å². The summed E-state index contributed by atoms with van der Waals surface area (Å²) < 4.78 is 33.3. The summed E-state index contributed by atoms with van der Waals surface area (Å²) in [7, 11) is 0. The number of esters is 2. The lowest BCUT2D eigenvalue weighted by molar-refractivity contribution is -0.168. The first-order chi connectivity index (χ1) is 26.3. The number of rotatable bonds is 22. The molecule has 292 valence electrons. The zero-order chi connectivity index (χ0) is 39.8. The highest BCUT2D eigenvalue weighted by Gasteiger charge is 2.23. The fourth-order valence-electron chi connectivity index (χ4n) is 5.55. The van der Waals surface area contributed by atoms with Crippen LogP contribution in [-0.2, 0) is 37.3 Å². The maximum absolute atomic E-state index is 11.6. The highest BCUT2D eigenvalue weighted by molar-refractivity contribution is 5.87. The first-order valence-electron chi connectivity index (χ1n) is 18.3. The topological polar surface area (TPSA) is 130 Å². The van der Waals surface area contributed by atoms with E-state index in [1.807, 2.05) is 72.8 Å². The molecule has 55 heavy (non-hydrogen) atoms. The van der Waals surface area contributed by atoms with Crippen LogP contribution in [0.1, 0.15) is 62.8 Å². The molecule has 0 aliphatic carbocycles. The molecule has 2 unspecified atom stereocenters. The van der Waals surface area contributed by atoms with Crippen molar-refractivity contribution in [2.45, 2.75) is 71.4 Å². The van der Waals surface area contributed by atoms with E-state index in [9.17, 15) is 19.8 Å². The van der Waals surface area contributed by atoms with Gasteiger partial charge in [-0.1, -0.05) is 87.7 Å². The van der Waals surface area contributed by atoms with Crippen LogP contribution in [0.5, 0.6) is 23.0 Å². The van der Waals surface area contributed by atoms with E-state index >= 15 is 0 Å². The Labute approximate surface area is 323 Å². The van der Waals surface area contributed by atoms with Crippen molar-refractivity contribution in [1.29, 1.82) is 0 Å². The highest BCUT2D eigenvalue weighted by Crippen LogP contribution is 2.33. The summed E-state index contributed by atoms with van der Waals surface area (Å²) in [6.45, 7) is 15.1. The summed E-state index contributed by atoms with van der Waals surface area (Å²) in [4.78, 5) is 23.2. The lowest BCUT2D eigenvalue weighted by atomic mass is 9.78. The predicted molar refractivity (Wildman–Crippen MR) is 210 cm³/mol. The molecule has 2 N–H and O–H groups in total. The number of hydrogen-bond acceptors (Lipinski definition) is 10. The Balaban J connectivity index is 1.20. The Morgan fingerprint density at radius 2 is 0.945 bits per heavy atom. The van der Waals surface area contributed by atoms with Gasteiger partial charge in [0.25, 0.3) is 0 Å². The smallest absolute Gasteiger partial charge is 0.335 e. The molecule has 0 amide bonds. The van der Waals surface area contributed by atoms with Gasteiger partial charge < -0.3 is 38.6 Å². The van der Waals surface area contributed by atoms with Gasteiger partial charge in [0.1, 0.15) is 23.0 Å². The van der Waals surface area contributed by atoms with Crippen LogP contribution in [0.3, 0.4) is 0 Å². The van der Waals surface area contributed by atoms with Crippen LogP contribution in [0.15, 0.2) is 121 Å². The summed E-state index contributed by atoms with van der Waals surface area (Å²) in [5, 5.41) is 19.9. The number of aliphatic hydroxyl groups excluding tert-OH is 2. The van der Waals surface area contributed by atoms with Gasteiger partial charge in [-0.25, -0.2) is 9.59 Å². The Morgan fingerprint density at radius 3 is 1.31 bits per heavy atom. The molecule has 0 heterocycles. The molecule has 0 aromatic heterocycles. The van der Waals surface area contributed by atoms with Crippen molar-refractivity contribution in [2.24, 2.45) is 0 Å². The molecule has 4 rings (SSSR count). The van der Waals surface area contributed by atoms with Crippen molar-refractivity contribution in [2.75, 3.05) is 26.4 Å². The Hall–Kier alpha value is -5.58. The third-order valence-electron chi connectivity index (χ3n) is 8.76. The third kappa shape index (κ3) is 13.3. The second kappa shape index (κ2) is 20.8. The second-order valence-corrected chi connectivity index (χ2v) is 13.7. The van der Waals surface area contributed by atoms with E-state index < -0.39 is 24.5 Å². The second-order valence-electron chi connectivity index (χ2n) is 13.7. The number of carbonyl (C=O) groups is 2. The summed E-state index contributed by atoms with van der Waals surface area (Å²) in [6.07, 6.45) is 0.124. The minimum absolute atomic E-state index is 0.185. The molecule has 10 heteroatoms. The number of carbonyl (C=O) groups excluding carboxylic acids is 2. The molecular weight excluding hydrogens is 700 g/mol. The summed E-state index contributed by atoms with van der Waals surface area (Å²) in [5.74, 6) is 1.46. The van der Waals surface area contributed by atoms with Gasteiger partial charge >= 0.3 is 11.9 Å². The van der Waals surface area contributed by atoms with E-state index in [4.69, 9.17) is 28.4 Å². The maximum Gasteiger partial charge on any atom is 0.335 e. The number of aliphatic hydroxyl groups is 2. The maximum atomic E-state index is 11.6. The van der Waals surface area contributed by atoms with Gasteiger partial charge in [0, 0.05) is 16.6 Å². The van der Waals surface area contributed by atoms with Gasteiger partial charge in [0.2, 0.25) is 12.6 Å². The van der Waals surface area contributed by atoms with E-state index in [0.717, 1.165) is 46.6 Å². The van der Waals surface area contributed by atoms with Gasteiger partial charge in [-0.15, -0.1) is 0 Å². The highest BCUT2D eigenvalue weighted by atomic mass is 16.7. The minimum atomic E-state index is -1.39. The van der Waals surface area contributed by atoms with Gasteiger partial charge in [0.15, 0.2) is 13.2 Å². The zero-order valence-electron chi connectivity index (χ0n) is 32.1. The fourth-order valence-corrected chi connectivity index (χ4v) is 5.55. The Morgan fingerprint density at radius 1 is 0.582 bits per heavy atom. The number of para-hydroxylation sites is 2. The number of ether oxygens (including phenoxy) is 6. The lowest BCUT2D eigenvalue weighted by Crippen LogP contribution is -2.25.